The number of hydrogen-bond acceptors (Lipinski definition) is 2. The van der Waals surface area contributed by atoms with E-state index in [9.17, 15) is 0 Å². The van der Waals surface area contributed by atoms with E-state index in [2.05, 4.69) is 42.7 Å². The standard InChI is InChI=1S/C14H30N4/c1-5-18(6-2)13(15)16-11-14(12-17(3)4)9-7-8-10-14/h5-12H2,1-4H3,(H2,15,16). The summed E-state index contributed by atoms with van der Waals surface area (Å²) in [5, 5.41) is 0. The van der Waals surface area contributed by atoms with E-state index < -0.39 is 0 Å². The van der Waals surface area contributed by atoms with Crippen LogP contribution in [0.15, 0.2) is 4.99 Å². The summed E-state index contributed by atoms with van der Waals surface area (Å²) in [7, 11) is 4.30. The van der Waals surface area contributed by atoms with Crippen LogP contribution >= 0.6 is 0 Å². The van der Waals surface area contributed by atoms with Crippen molar-refractivity contribution in [3.63, 3.8) is 0 Å². The number of nitrogens with two attached hydrogens (primary N) is 1. The van der Waals surface area contributed by atoms with Gasteiger partial charge in [0.25, 0.3) is 0 Å². The number of guanidine groups is 1. The molecule has 0 atom stereocenters. The molecule has 0 aromatic carbocycles. The molecule has 0 aromatic rings. The van der Waals surface area contributed by atoms with Crippen LogP contribution in [-0.4, -0.2) is 56.0 Å². The van der Waals surface area contributed by atoms with Gasteiger partial charge in [0, 0.05) is 31.6 Å². The Labute approximate surface area is 112 Å². The molecule has 1 rings (SSSR count). The van der Waals surface area contributed by atoms with Crippen LogP contribution in [0.2, 0.25) is 0 Å². The topological polar surface area (TPSA) is 44.9 Å². The summed E-state index contributed by atoms with van der Waals surface area (Å²) in [5.74, 6) is 0.713. The SMILES string of the molecule is CCN(CC)C(N)=NCC1(CN(C)C)CCCC1. The third-order valence-corrected chi connectivity index (χ3v) is 3.98. The average molecular weight is 254 g/mol. The summed E-state index contributed by atoms with van der Waals surface area (Å²) < 4.78 is 0. The van der Waals surface area contributed by atoms with Gasteiger partial charge in [-0.2, -0.15) is 0 Å². The Bertz CT molecular complexity index is 263. The van der Waals surface area contributed by atoms with E-state index in [1.165, 1.54) is 25.7 Å². The molecule has 106 valence electrons. The minimum atomic E-state index is 0.362. The van der Waals surface area contributed by atoms with Gasteiger partial charge >= 0.3 is 0 Å². The van der Waals surface area contributed by atoms with Crippen molar-refractivity contribution in [3.8, 4) is 0 Å². The van der Waals surface area contributed by atoms with Gasteiger partial charge < -0.3 is 15.5 Å². The first-order valence-corrected chi connectivity index (χ1v) is 7.22. The first kappa shape index (κ1) is 15.3. The minimum absolute atomic E-state index is 0.362. The molecule has 0 amide bonds. The van der Waals surface area contributed by atoms with Gasteiger partial charge in [0.05, 0.1) is 0 Å². The summed E-state index contributed by atoms with van der Waals surface area (Å²) in [6.45, 7) is 8.13. The Kier molecular flexibility index (Phi) is 5.93. The lowest BCUT2D eigenvalue weighted by Gasteiger charge is -2.31. The molecule has 0 aliphatic heterocycles. The molecule has 4 heteroatoms. The Morgan fingerprint density at radius 2 is 1.72 bits per heavy atom. The molecule has 1 aliphatic rings. The normalized spacial score (nSPS) is 19.5. The number of rotatable bonds is 6. The maximum atomic E-state index is 6.07. The Morgan fingerprint density at radius 1 is 1.17 bits per heavy atom. The van der Waals surface area contributed by atoms with Crippen molar-refractivity contribution in [3.05, 3.63) is 0 Å². The average Bonchev–Trinajstić information content (AvgIpc) is 2.76. The van der Waals surface area contributed by atoms with Crippen molar-refractivity contribution >= 4 is 5.96 Å². The highest BCUT2D eigenvalue weighted by molar-refractivity contribution is 5.78. The van der Waals surface area contributed by atoms with Gasteiger partial charge in [-0.25, -0.2) is 0 Å². The van der Waals surface area contributed by atoms with E-state index in [-0.39, 0.29) is 0 Å². The van der Waals surface area contributed by atoms with E-state index in [1.807, 2.05) is 0 Å². The smallest absolute Gasteiger partial charge is 0.191 e. The zero-order valence-electron chi connectivity index (χ0n) is 12.6. The van der Waals surface area contributed by atoms with E-state index in [1.54, 1.807) is 0 Å². The predicted octanol–water partition coefficient (Wildman–Crippen LogP) is 1.76. The van der Waals surface area contributed by atoms with E-state index >= 15 is 0 Å². The predicted molar refractivity (Wildman–Crippen MR) is 78.9 cm³/mol. The molecular formula is C14H30N4. The number of aliphatic imine (C=N–C) groups is 1. The molecule has 2 N–H and O–H groups in total. The van der Waals surface area contributed by atoms with Crippen LogP contribution in [0.25, 0.3) is 0 Å². The molecule has 0 unspecified atom stereocenters. The number of nitrogens with zero attached hydrogens (tertiary/aromatic N) is 3. The lowest BCUT2D eigenvalue weighted by molar-refractivity contribution is 0.209. The fourth-order valence-electron chi connectivity index (χ4n) is 3.06. The van der Waals surface area contributed by atoms with Crippen molar-refractivity contribution < 1.29 is 0 Å². The quantitative estimate of drug-likeness (QED) is 0.580. The van der Waals surface area contributed by atoms with Crippen LogP contribution in [-0.2, 0) is 0 Å². The van der Waals surface area contributed by atoms with Crippen LogP contribution < -0.4 is 5.73 Å². The first-order chi connectivity index (χ1) is 8.53. The van der Waals surface area contributed by atoms with Gasteiger partial charge in [-0.3, -0.25) is 4.99 Å². The highest BCUT2D eigenvalue weighted by Crippen LogP contribution is 2.38. The lowest BCUT2D eigenvalue weighted by atomic mass is 9.86. The Balaban J connectivity index is 2.64. The van der Waals surface area contributed by atoms with Gasteiger partial charge in [0.15, 0.2) is 5.96 Å². The summed E-state index contributed by atoms with van der Waals surface area (Å²) in [4.78, 5) is 9.08. The Morgan fingerprint density at radius 3 is 2.17 bits per heavy atom. The third kappa shape index (κ3) is 4.16. The monoisotopic (exact) mass is 254 g/mol. The third-order valence-electron chi connectivity index (χ3n) is 3.98. The van der Waals surface area contributed by atoms with Crippen LogP contribution in [0, 0.1) is 5.41 Å². The summed E-state index contributed by atoms with van der Waals surface area (Å²) >= 11 is 0. The van der Waals surface area contributed by atoms with Gasteiger partial charge in [-0.05, 0) is 40.8 Å². The van der Waals surface area contributed by atoms with Crippen LogP contribution in [0.3, 0.4) is 0 Å². The molecule has 0 radical (unpaired) electrons. The second-order valence-corrected chi connectivity index (χ2v) is 5.79. The van der Waals surface area contributed by atoms with Crippen molar-refractivity contribution in [2.45, 2.75) is 39.5 Å². The van der Waals surface area contributed by atoms with Gasteiger partial charge in [0.1, 0.15) is 0 Å². The summed E-state index contributed by atoms with van der Waals surface area (Å²) in [6, 6.07) is 0. The largest absolute Gasteiger partial charge is 0.370 e. The van der Waals surface area contributed by atoms with Crippen LogP contribution in [0.5, 0.6) is 0 Å². The van der Waals surface area contributed by atoms with Gasteiger partial charge in [-0.15, -0.1) is 0 Å². The molecule has 0 spiro atoms. The molecule has 0 bridgehead atoms. The van der Waals surface area contributed by atoms with Crippen molar-refractivity contribution in [2.24, 2.45) is 16.1 Å². The zero-order chi connectivity index (χ0) is 13.6. The zero-order valence-corrected chi connectivity index (χ0v) is 12.6. The van der Waals surface area contributed by atoms with Gasteiger partial charge in [0.2, 0.25) is 0 Å². The first-order valence-electron chi connectivity index (χ1n) is 7.22. The second kappa shape index (κ2) is 6.98. The minimum Gasteiger partial charge on any atom is -0.370 e. The molecule has 0 heterocycles. The molecule has 1 aliphatic carbocycles. The van der Waals surface area contributed by atoms with Crippen molar-refractivity contribution in [1.82, 2.24) is 9.80 Å². The van der Waals surface area contributed by atoms with E-state index in [4.69, 9.17) is 5.73 Å². The van der Waals surface area contributed by atoms with E-state index in [0.29, 0.717) is 11.4 Å². The molecule has 4 nitrogen and oxygen atoms in total. The van der Waals surface area contributed by atoms with E-state index in [0.717, 1.165) is 26.2 Å². The molecule has 0 aromatic heterocycles. The maximum Gasteiger partial charge on any atom is 0.191 e. The molecule has 1 saturated carbocycles. The van der Waals surface area contributed by atoms with Crippen molar-refractivity contribution in [2.75, 3.05) is 40.3 Å². The summed E-state index contributed by atoms with van der Waals surface area (Å²) in [5.41, 5.74) is 6.43. The summed E-state index contributed by atoms with van der Waals surface area (Å²) in [6.07, 6.45) is 5.27. The maximum absolute atomic E-state index is 6.07. The fourth-order valence-corrected chi connectivity index (χ4v) is 3.06. The fraction of sp³-hybridized carbons (Fsp3) is 0.929. The molecule has 0 saturated heterocycles. The Hall–Kier alpha value is -0.770. The molecular weight excluding hydrogens is 224 g/mol. The molecule has 18 heavy (non-hydrogen) atoms. The van der Waals surface area contributed by atoms with Gasteiger partial charge in [-0.1, -0.05) is 12.8 Å². The highest BCUT2D eigenvalue weighted by atomic mass is 15.2. The molecule has 1 fully saturated rings. The van der Waals surface area contributed by atoms with Crippen LogP contribution in [0.4, 0.5) is 0 Å². The lowest BCUT2D eigenvalue weighted by Crippen LogP contribution is -2.39. The second-order valence-electron chi connectivity index (χ2n) is 5.79. The number of hydrogen-bond donors (Lipinski definition) is 1. The highest BCUT2D eigenvalue weighted by Gasteiger charge is 2.34. The van der Waals surface area contributed by atoms with Crippen molar-refractivity contribution in [1.29, 1.82) is 0 Å². The van der Waals surface area contributed by atoms with Crippen LogP contribution in [0.1, 0.15) is 39.5 Å².